The van der Waals surface area contributed by atoms with Gasteiger partial charge in [0.2, 0.25) is 0 Å². The van der Waals surface area contributed by atoms with Crippen molar-refractivity contribution < 1.29 is 0 Å². The fourth-order valence-electron chi connectivity index (χ4n) is 6.66. The molecule has 0 amide bonds. The van der Waals surface area contributed by atoms with Gasteiger partial charge in [-0.25, -0.2) is 0 Å². The molecule has 0 heterocycles. The van der Waals surface area contributed by atoms with E-state index in [-0.39, 0.29) is 0 Å². The maximum absolute atomic E-state index is 2.97. The molecule has 2 aliphatic rings. The van der Waals surface area contributed by atoms with E-state index in [0.29, 0.717) is 21.6 Å². The first-order chi connectivity index (χ1) is 12.9. The Bertz CT molecular complexity index is 598. The van der Waals surface area contributed by atoms with Gasteiger partial charge in [-0.2, -0.15) is 0 Å². The van der Waals surface area contributed by atoms with Gasteiger partial charge < -0.3 is 0 Å². The van der Waals surface area contributed by atoms with Crippen LogP contribution in [0.3, 0.4) is 0 Å². The third kappa shape index (κ3) is 4.41. The van der Waals surface area contributed by atoms with Crippen molar-refractivity contribution in [2.75, 3.05) is 0 Å². The summed E-state index contributed by atoms with van der Waals surface area (Å²) in [5.41, 5.74) is 0. The first-order valence-corrected chi connectivity index (χ1v) is 28.1. The van der Waals surface area contributed by atoms with Crippen LogP contribution in [0.25, 0.3) is 0 Å². The van der Waals surface area contributed by atoms with E-state index in [1.165, 1.54) is 0 Å². The number of allylic oxidation sites excluding steroid dienone is 8. The van der Waals surface area contributed by atoms with Crippen molar-refractivity contribution in [1.29, 1.82) is 0 Å². The monoisotopic (exact) mass is 630 g/mol. The molecule has 164 valence electrons. The van der Waals surface area contributed by atoms with E-state index >= 15 is 0 Å². The first-order valence-electron chi connectivity index (χ1n) is 11.3. The second kappa shape index (κ2) is 8.36. The molecular weight excluding hydrogens is 582 g/mol. The Kier molecular flexibility index (Phi) is 7.54. The standard InChI is InChI=1S/2C5H5.4C4H9.S.2Sn/c2*1-2-4-5-3-1;4*1-4(2)3;;;/h2*1-5H;4*1-3H3;;;. The molecule has 0 fully saturated rings. The van der Waals surface area contributed by atoms with E-state index in [2.05, 4.69) is 138 Å². The maximum atomic E-state index is 2.72. The van der Waals surface area contributed by atoms with Crippen LogP contribution >= 0.6 is 6.13 Å². The van der Waals surface area contributed by atoms with Crippen molar-refractivity contribution in [1.82, 2.24) is 0 Å². The van der Waals surface area contributed by atoms with Crippen LogP contribution in [-0.4, -0.2) is 34.0 Å². The Morgan fingerprint density at radius 2 is 0.655 bits per heavy atom. The van der Waals surface area contributed by atoms with Gasteiger partial charge in [0.05, 0.1) is 0 Å². The van der Waals surface area contributed by atoms with Gasteiger partial charge in [0.1, 0.15) is 0 Å². The molecule has 0 aromatic rings. The van der Waals surface area contributed by atoms with E-state index in [0.717, 1.165) is 0 Å². The molecule has 29 heavy (non-hydrogen) atoms. The number of hydrogen-bond donors (Lipinski definition) is 0. The number of rotatable bonds is 4. The molecule has 0 saturated carbocycles. The van der Waals surface area contributed by atoms with E-state index in [9.17, 15) is 0 Å². The fourth-order valence-corrected chi connectivity index (χ4v) is 172. The molecule has 2 rings (SSSR count). The second-order valence-corrected chi connectivity index (χ2v) is 64.8. The molecule has 0 radical (unpaired) electrons. The molecule has 0 N–H and O–H groups in total. The van der Waals surface area contributed by atoms with Crippen LogP contribution in [0.15, 0.2) is 48.6 Å². The summed E-state index contributed by atoms with van der Waals surface area (Å²) in [5, 5.41) is 0. The minimum atomic E-state index is -2.97. The predicted molar refractivity (Wildman–Crippen MR) is 142 cm³/mol. The molecule has 2 aliphatic carbocycles. The zero-order valence-corrected chi connectivity index (χ0v) is 27.7. The van der Waals surface area contributed by atoms with E-state index in [1.807, 2.05) is 0 Å². The fraction of sp³-hybridized carbons (Fsp3) is 0.692. The second-order valence-electron chi connectivity index (χ2n) is 13.2. The van der Waals surface area contributed by atoms with Crippen LogP contribution in [0.1, 0.15) is 83.1 Å². The van der Waals surface area contributed by atoms with Crippen LogP contribution in [0.5, 0.6) is 0 Å². The molecule has 0 bridgehead atoms. The van der Waals surface area contributed by atoms with Crippen LogP contribution in [0.4, 0.5) is 0 Å². The molecule has 0 aromatic carbocycles. The molecule has 0 spiro atoms. The van der Waals surface area contributed by atoms with Crippen LogP contribution in [0, 0.1) is 0 Å². The summed E-state index contributed by atoms with van der Waals surface area (Å²) in [5.74, 6) is 0. The summed E-state index contributed by atoms with van der Waals surface area (Å²) in [6, 6.07) is 0. The van der Waals surface area contributed by atoms with Crippen molar-refractivity contribution in [2.24, 2.45) is 0 Å². The van der Waals surface area contributed by atoms with Gasteiger partial charge in [-0.1, -0.05) is 0 Å². The Balaban J connectivity index is 2.88. The SMILES string of the molecule is C[C](C)(C)[Sn]([S][Sn]([CH]1C=CC=C1)([C](C)(C)C)[C](C)(C)C)([CH]1C=CC=C1)[C](C)(C)C. The Labute approximate surface area is 191 Å². The topological polar surface area (TPSA) is 0 Å². The minimum absolute atomic E-state index is 0.381. The van der Waals surface area contributed by atoms with E-state index in [1.54, 1.807) is 0 Å². The molecule has 0 atom stereocenters. The van der Waals surface area contributed by atoms with Crippen molar-refractivity contribution in [3.63, 3.8) is 0 Å². The quantitative estimate of drug-likeness (QED) is 0.280. The van der Waals surface area contributed by atoms with Crippen LogP contribution in [-0.2, 0) is 0 Å². The van der Waals surface area contributed by atoms with Gasteiger partial charge in [-0.15, -0.1) is 0 Å². The van der Waals surface area contributed by atoms with Gasteiger partial charge in [0.25, 0.3) is 0 Å². The normalized spacial score (nSPS) is 19.7. The Morgan fingerprint density at radius 1 is 0.448 bits per heavy atom. The molecular formula is C26H46SSn2. The van der Waals surface area contributed by atoms with Gasteiger partial charge >= 0.3 is 193 Å². The predicted octanol–water partition coefficient (Wildman–Crippen LogP) is 9.80. The molecule has 0 aliphatic heterocycles. The summed E-state index contributed by atoms with van der Waals surface area (Å²) >= 11 is -5.94. The van der Waals surface area contributed by atoms with Gasteiger partial charge in [0, 0.05) is 0 Å². The summed E-state index contributed by atoms with van der Waals surface area (Å²) in [4.78, 5) is 0. The molecule has 0 unspecified atom stereocenters. The van der Waals surface area contributed by atoms with Gasteiger partial charge in [-0.05, 0) is 0 Å². The molecule has 0 nitrogen and oxygen atoms in total. The van der Waals surface area contributed by atoms with Gasteiger partial charge in [0.15, 0.2) is 0 Å². The number of hydrogen-bond acceptors (Lipinski definition) is 1. The Hall–Kier alpha value is 0.907. The van der Waals surface area contributed by atoms with Crippen LogP contribution in [0.2, 0.25) is 21.6 Å². The third-order valence-corrected chi connectivity index (χ3v) is 103. The van der Waals surface area contributed by atoms with Gasteiger partial charge in [-0.3, -0.25) is 0 Å². The molecule has 3 heteroatoms. The third-order valence-electron chi connectivity index (χ3n) is 7.21. The summed E-state index contributed by atoms with van der Waals surface area (Å²) < 4.78 is 2.89. The average Bonchev–Trinajstić information content (AvgIpc) is 3.15. The summed E-state index contributed by atoms with van der Waals surface area (Å²) in [6.45, 7) is 31.0. The summed E-state index contributed by atoms with van der Waals surface area (Å²) in [7, 11) is 0. The Morgan fingerprint density at radius 3 is 0.828 bits per heavy atom. The van der Waals surface area contributed by atoms with E-state index < -0.39 is 34.0 Å². The summed E-state index contributed by atoms with van der Waals surface area (Å²) in [6.07, 6.45) is 22.3. The van der Waals surface area contributed by atoms with Crippen molar-refractivity contribution in [3.8, 4) is 0 Å². The zero-order chi connectivity index (χ0) is 22.5. The van der Waals surface area contributed by atoms with Crippen molar-refractivity contribution >= 4 is 40.1 Å². The molecule has 0 saturated heterocycles. The van der Waals surface area contributed by atoms with Crippen molar-refractivity contribution in [2.45, 2.75) is 105 Å². The van der Waals surface area contributed by atoms with Crippen LogP contribution < -0.4 is 0 Å². The zero-order valence-electron chi connectivity index (χ0n) is 21.2. The first kappa shape index (κ1) is 26.2. The van der Waals surface area contributed by atoms with E-state index in [4.69, 9.17) is 0 Å². The average molecular weight is 628 g/mol. The van der Waals surface area contributed by atoms with Crippen molar-refractivity contribution in [3.05, 3.63) is 48.6 Å². The molecule has 0 aromatic heterocycles.